The molecule has 0 unspecified atom stereocenters. The molecule has 108 valence electrons. The van der Waals surface area contributed by atoms with Crippen LogP contribution >= 0.6 is 0 Å². The molecule has 0 aromatic rings. The average molecular weight is 257 g/mol. The SMILES string of the molecule is CC(C)CC(O)(CC(C)C)C1(CN)CCOCC1. The van der Waals surface area contributed by atoms with Gasteiger partial charge in [-0.15, -0.1) is 0 Å². The molecular formula is C15H31NO2. The van der Waals surface area contributed by atoms with Gasteiger partial charge >= 0.3 is 0 Å². The molecule has 0 aromatic carbocycles. The summed E-state index contributed by atoms with van der Waals surface area (Å²) in [6.45, 7) is 10.7. The van der Waals surface area contributed by atoms with E-state index >= 15 is 0 Å². The van der Waals surface area contributed by atoms with Crippen LogP contribution in [0.2, 0.25) is 0 Å². The number of hydrogen-bond donors (Lipinski definition) is 2. The van der Waals surface area contributed by atoms with Crippen LogP contribution < -0.4 is 5.73 Å². The van der Waals surface area contributed by atoms with Gasteiger partial charge in [0.1, 0.15) is 0 Å². The molecule has 0 aromatic heterocycles. The van der Waals surface area contributed by atoms with Crippen molar-refractivity contribution in [2.45, 2.75) is 59.0 Å². The molecule has 0 amide bonds. The quantitative estimate of drug-likeness (QED) is 0.769. The van der Waals surface area contributed by atoms with Crippen LogP contribution in [0.4, 0.5) is 0 Å². The van der Waals surface area contributed by atoms with Crippen molar-refractivity contribution in [3.8, 4) is 0 Å². The molecule has 18 heavy (non-hydrogen) atoms. The first kappa shape index (κ1) is 15.9. The van der Waals surface area contributed by atoms with Crippen molar-refractivity contribution in [2.24, 2.45) is 23.0 Å². The molecule has 0 saturated carbocycles. The van der Waals surface area contributed by atoms with Crippen LogP contribution in [0.5, 0.6) is 0 Å². The molecule has 3 nitrogen and oxygen atoms in total. The summed E-state index contributed by atoms with van der Waals surface area (Å²) >= 11 is 0. The fourth-order valence-electron chi connectivity index (χ4n) is 3.49. The Labute approximate surface area is 112 Å². The smallest absolute Gasteiger partial charge is 0.0722 e. The van der Waals surface area contributed by atoms with Crippen LogP contribution in [0, 0.1) is 17.3 Å². The second-order valence-electron chi connectivity index (χ2n) is 6.82. The molecule has 3 heteroatoms. The van der Waals surface area contributed by atoms with Gasteiger partial charge in [-0.05, 0) is 37.5 Å². The third-order valence-corrected chi connectivity index (χ3v) is 4.32. The van der Waals surface area contributed by atoms with E-state index in [1.807, 2.05) is 0 Å². The summed E-state index contributed by atoms with van der Waals surface area (Å²) in [6.07, 6.45) is 3.45. The van der Waals surface area contributed by atoms with E-state index in [-0.39, 0.29) is 5.41 Å². The van der Waals surface area contributed by atoms with Crippen molar-refractivity contribution in [3.63, 3.8) is 0 Å². The zero-order chi connectivity index (χ0) is 13.8. The average Bonchev–Trinajstić information content (AvgIpc) is 2.27. The Morgan fingerprint density at radius 3 is 1.89 bits per heavy atom. The van der Waals surface area contributed by atoms with Crippen molar-refractivity contribution < 1.29 is 9.84 Å². The zero-order valence-corrected chi connectivity index (χ0v) is 12.5. The Kier molecular flexibility index (Phi) is 5.63. The maximum Gasteiger partial charge on any atom is 0.0722 e. The summed E-state index contributed by atoms with van der Waals surface area (Å²) in [5, 5.41) is 11.3. The van der Waals surface area contributed by atoms with Crippen LogP contribution in [0.3, 0.4) is 0 Å². The summed E-state index contributed by atoms with van der Waals surface area (Å²) in [5.41, 5.74) is 5.26. The van der Waals surface area contributed by atoms with Crippen molar-refractivity contribution in [2.75, 3.05) is 19.8 Å². The van der Waals surface area contributed by atoms with Gasteiger partial charge in [-0.25, -0.2) is 0 Å². The van der Waals surface area contributed by atoms with E-state index in [0.717, 1.165) is 38.9 Å². The van der Waals surface area contributed by atoms with Gasteiger partial charge in [-0.2, -0.15) is 0 Å². The summed E-state index contributed by atoms with van der Waals surface area (Å²) in [4.78, 5) is 0. The van der Waals surface area contributed by atoms with E-state index in [1.54, 1.807) is 0 Å². The molecule has 1 aliphatic heterocycles. The Bertz CT molecular complexity index is 235. The van der Waals surface area contributed by atoms with E-state index in [2.05, 4.69) is 27.7 Å². The summed E-state index contributed by atoms with van der Waals surface area (Å²) in [6, 6.07) is 0. The first-order valence-electron chi connectivity index (χ1n) is 7.35. The molecule has 1 fully saturated rings. The van der Waals surface area contributed by atoms with Crippen molar-refractivity contribution in [1.29, 1.82) is 0 Å². The minimum atomic E-state index is -0.645. The second-order valence-corrected chi connectivity index (χ2v) is 6.82. The number of ether oxygens (including phenoxy) is 1. The first-order valence-corrected chi connectivity index (χ1v) is 7.35. The van der Waals surface area contributed by atoms with Gasteiger partial charge in [0, 0.05) is 25.2 Å². The van der Waals surface area contributed by atoms with Gasteiger partial charge in [0.05, 0.1) is 5.60 Å². The zero-order valence-electron chi connectivity index (χ0n) is 12.5. The summed E-state index contributed by atoms with van der Waals surface area (Å²) < 4.78 is 5.47. The monoisotopic (exact) mass is 257 g/mol. The lowest BCUT2D eigenvalue weighted by atomic mass is 9.61. The van der Waals surface area contributed by atoms with Gasteiger partial charge in [-0.1, -0.05) is 27.7 Å². The highest BCUT2D eigenvalue weighted by molar-refractivity contribution is 5.01. The Morgan fingerprint density at radius 1 is 1.11 bits per heavy atom. The molecule has 0 atom stereocenters. The molecule has 3 N–H and O–H groups in total. The second kappa shape index (κ2) is 6.36. The maximum absolute atomic E-state index is 11.3. The number of aliphatic hydroxyl groups is 1. The van der Waals surface area contributed by atoms with E-state index < -0.39 is 5.60 Å². The predicted molar refractivity (Wildman–Crippen MR) is 75.4 cm³/mol. The molecule has 1 heterocycles. The van der Waals surface area contributed by atoms with Crippen molar-refractivity contribution >= 4 is 0 Å². The molecule has 1 rings (SSSR count). The van der Waals surface area contributed by atoms with E-state index in [4.69, 9.17) is 10.5 Å². The van der Waals surface area contributed by atoms with Gasteiger partial charge < -0.3 is 15.6 Å². The van der Waals surface area contributed by atoms with Gasteiger partial charge in [-0.3, -0.25) is 0 Å². The van der Waals surface area contributed by atoms with Gasteiger partial charge in [0.15, 0.2) is 0 Å². The topological polar surface area (TPSA) is 55.5 Å². The Hall–Kier alpha value is -0.120. The van der Waals surface area contributed by atoms with Crippen LogP contribution in [-0.2, 0) is 4.74 Å². The van der Waals surface area contributed by atoms with Crippen LogP contribution in [0.1, 0.15) is 53.4 Å². The first-order chi connectivity index (χ1) is 8.35. The molecule has 0 spiro atoms. The van der Waals surface area contributed by atoms with E-state index in [9.17, 15) is 5.11 Å². The lowest BCUT2D eigenvalue weighted by Gasteiger charge is -2.50. The van der Waals surface area contributed by atoms with Gasteiger partial charge in [0.25, 0.3) is 0 Å². The maximum atomic E-state index is 11.3. The highest BCUT2D eigenvalue weighted by atomic mass is 16.5. The standard InChI is InChI=1S/C15H31NO2/c1-12(2)9-15(17,10-13(3)4)14(11-16)5-7-18-8-6-14/h12-13,17H,5-11,16H2,1-4H3. The highest BCUT2D eigenvalue weighted by Crippen LogP contribution is 2.46. The lowest BCUT2D eigenvalue weighted by Crippen LogP contribution is -2.56. The third-order valence-electron chi connectivity index (χ3n) is 4.32. The Balaban J connectivity index is 2.97. The fraction of sp³-hybridized carbons (Fsp3) is 1.00. The van der Waals surface area contributed by atoms with Crippen LogP contribution in [-0.4, -0.2) is 30.5 Å². The highest BCUT2D eigenvalue weighted by Gasteiger charge is 2.50. The predicted octanol–water partition coefficient (Wildman–Crippen LogP) is 2.57. The van der Waals surface area contributed by atoms with E-state index in [1.165, 1.54) is 0 Å². The number of nitrogens with two attached hydrogens (primary N) is 1. The minimum Gasteiger partial charge on any atom is -0.389 e. The summed E-state index contributed by atoms with van der Waals surface area (Å²) in [5.74, 6) is 0.972. The molecule has 1 saturated heterocycles. The number of hydrogen-bond acceptors (Lipinski definition) is 3. The third kappa shape index (κ3) is 3.46. The van der Waals surface area contributed by atoms with Crippen molar-refractivity contribution in [1.82, 2.24) is 0 Å². The number of rotatable bonds is 6. The fourth-order valence-corrected chi connectivity index (χ4v) is 3.49. The lowest BCUT2D eigenvalue weighted by molar-refractivity contribution is -0.147. The molecule has 0 aliphatic carbocycles. The normalized spacial score (nSPS) is 20.7. The minimum absolute atomic E-state index is 0.153. The summed E-state index contributed by atoms with van der Waals surface area (Å²) in [7, 11) is 0. The van der Waals surface area contributed by atoms with Gasteiger partial charge in [0.2, 0.25) is 0 Å². The van der Waals surface area contributed by atoms with Crippen LogP contribution in [0.15, 0.2) is 0 Å². The molecule has 0 bridgehead atoms. The largest absolute Gasteiger partial charge is 0.389 e. The molecular weight excluding hydrogens is 226 g/mol. The molecule has 1 aliphatic rings. The van der Waals surface area contributed by atoms with E-state index in [0.29, 0.717) is 18.4 Å². The Morgan fingerprint density at radius 2 is 1.56 bits per heavy atom. The van der Waals surface area contributed by atoms with Crippen molar-refractivity contribution in [3.05, 3.63) is 0 Å². The molecule has 0 radical (unpaired) electrons. The van der Waals surface area contributed by atoms with Crippen LogP contribution in [0.25, 0.3) is 0 Å².